The number of ether oxygens (including phenoxy) is 3. The molecule has 11 nitrogen and oxygen atoms in total. The van der Waals surface area contributed by atoms with Crippen molar-refractivity contribution in [3.63, 3.8) is 0 Å². The Hall–Kier alpha value is -3.90. The van der Waals surface area contributed by atoms with E-state index in [1.165, 1.54) is 11.8 Å². The number of rotatable bonds is 13. The van der Waals surface area contributed by atoms with Gasteiger partial charge in [0.1, 0.15) is 6.10 Å². The van der Waals surface area contributed by atoms with Crippen LogP contribution >= 0.6 is 11.8 Å². The number of hydrogen-bond acceptors (Lipinski definition) is 10. The van der Waals surface area contributed by atoms with Crippen molar-refractivity contribution >= 4 is 52.1 Å². The highest BCUT2D eigenvalue weighted by atomic mass is 32.2. The predicted molar refractivity (Wildman–Crippen MR) is 160 cm³/mol. The van der Waals surface area contributed by atoms with Gasteiger partial charge in [0.15, 0.2) is 0 Å². The molecule has 0 saturated carbocycles. The molecule has 1 saturated heterocycles. The van der Waals surface area contributed by atoms with Crippen LogP contribution in [0.3, 0.4) is 0 Å². The van der Waals surface area contributed by atoms with Crippen molar-refractivity contribution in [2.75, 3.05) is 49.3 Å². The topological polar surface area (TPSA) is 123 Å². The Bertz CT molecular complexity index is 1450. The number of carbonyl (C=O) groups is 3. The van der Waals surface area contributed by atoms with E-state index in [4.69, 9.17) is 14.2 Å². The van der Waals surface area contributed by atoms with Crippen molar-refractivity contribution in [1.82, 2.24) is 14.9 Å². The van der Waals surface area contributed by atoms with Crippen molar-refractivity contribution < 1.29 is 28.6 Å². The van der Waals surface area contributed by atoms with Gasteiger partial charge in [0.2, 0.25) is 11.8 Å². The summed E-state index contributed by atoms with van der Waals surface area (Å²) in [5.41, 5.74) is 4.02. The number of anilines is 2. The van der Waals surface area contributed by atoms with Gasteiger partial charge >= 0.3 is 12.1 Å². The molecule has 0 aliphatic carbocycles. The van der Waals surface area contributed by atoms with Gasteiger partial charge in [-0.05, 0) is 75.2 Å². The van der Waals surface area contributed by atoms with E-state index in [9.17, 15) is 14.4 Å². The molecule has 1 aromatic carbocycles. The molecule has 42 heavy (non-hydrogen) atoms. The van der Waals surface area contributed by atoms with Gasteiger partial charge in [0.05, 0.1) is 42.7 Å². The largest absolute Gasteiger partial charge is 0.481 e. The molecular formula is C30H35N5O6S. The number of nitrogens with one attached hydrogen (secondary N) is 1. The zero-order valence-electron chi connectivity index (χ0n) is 23.8. The number of esters is 1. The highest BCUT2D eigenvalue weighted by Crippen LogP contribution is 2.35. The molecule has 0 radical (unpaired) electrons. The molecule has 3 aromatic rings. The van der Waals surface area contributed by atoms with Crippen molar-refractivity contribution in [3.8, 4) is 5.88 Å². The minimum atomic E-state index is -0.385. The second kappa shape index (κ2) is 13.8. The second-order valence-corrected chi connectivity index (χ2v) is 11.2. The smallest absolute Gasteiger partial charge is 0.414 e. The Kier molecular flexibility index (Phi) is 9.75. The lowest BCUT2D eigenvalue weighted by Crippen LogP contribution is -2.28. The summed E-state index contributed by atoms with van der Waals surface area (Å²) in [7, 11) is 1.59. The molecular weight excluding hydrogens is 558 g/mol. The lowest BCUT2D eigenvalue weighted by molar-refractivity contribution is -0.143. The first kappa shape index (κ1) is 29.6. The van der Waals surface area contributed by atoms with E-state index >= 15 is 0 Å². The van der Waals surface area contributed by atoms with Crippen molar-refractivity contribution in [2.24, 2.45) is 0 Å². The monoisotopic (exact) mass is 593 g/mol. The summed E-state index contributed by atoms with van der Waals surface area (Å²) in [4.78, 5) is 50.4. The number of thioether (sulfide) groups is 1. The Morgan fingerprint density at radius 1 is 1.19 bits per heavy atom. The number of cyclic esters (lactones) is 1. The zero-order chi connectivity index (χ0) is 29.5. The third-order valence-corrected chi connectivity index (χ3v) is 8.26. The number of benzene rings is 1. The van der Waals surface area contributed by atoms with E-state index in [2.05, 4.69) is 20.2 Å². The maximum atomic E-state index is 12.7. The van der Waals surface area contributed by atoms with Crippen molar-refractivity contribution in [3.05, 3.63) is 48.2 Å². The van der Waals surface area contributed by atoms with Gasteiger partial charge in [-0.2, -0.15) is 0 Å². The normalized spacial score (nSPS) is 16.4. The number of aromatic nitrogens is 2. The van der Waals surface area contributed by atoms with E-state index in [-0.39, 0.29) is 24.1 Å². The average molecular weight is 594 g/mol. The molecule has 2 amide bonds. The fourth-order valence-electron chi connectivity index (χ4n) is 5.16. The van der Waals surface area contributed by atoms with Gasteiger partial charge in [-0.3, -0.25) is 24.4 Å². The Labute approximate surface area is 248 Å². The van der Waals surface area contributed by atoms with Gasteiger partial charge in [-0.1, -0.05) is 0 Å². The van der Waals surface area contributed by atoms with Crippen LogP contribution in [0.4, 0.5) is 16.2 Å². The maximum absolute atomic E-state index is 12.7. The number of amides is 2. The van der Waals surface area contributed by atoms with Crippen LogP contribution in [-0.4, -0.2) is 78.0 Å². The molecule has 4 heterocycles. The van der Waals surface area contributed by atoms with E-state index in [1.54, 1.807) is 31.2 Å². The molecule has 0 spiro atoms. The molecule has 5 rings (SSSR count). The summed E-state index contributed by atoms with van der Waals surface area (Å²) < 4.78 is 16.1. The van der Waals surface area contributed by atoms with Gasteiger partial charge < -0.3 is 19.5 Å². The van der Waals surface area contributed by atoms with E-state index in [0.717, 1.165) is 40.1 Å². The first-order valence-electron chi connectivity index (χ1n) is 14.1. The Morgan fingerprint density at radius 2 is 2.05 bits per heavy atom. The molecule has 222 valence electrons. The number of nitrogens with zero attached hydrogens (tertiary/aromatic N) is 4. The van der Waals surface area contributed by atoms with Crippen LogP contribution in [-0.2, 0) is 25.6 Å². The Morgan fingerprint density at radius 3 is 2.88 bits per heavy atom. The molecule has 1 fully saturated rings. The minimum Gasteiger partial charge on any atom is -0.481 e. The lowest BCUT2D eigenvalue weighted by atomic mass is 10.1. The molecule has 2 aliphatic rings. The number of carbonyl (C=O) groups excluding carboxylic acids is 3. The van der Waals surface area contributed by atoms with Crippen LogP contribution in [0.15, 0.2) is 47.5 Å². The first-order valence-corrected chi connectivity index (χ1v) is 15.1. The number of pyridine rings is 2. The summed E-state index contributed by atoms with van der Waals surface area (Å²) in [6.07, 6.45) is 3.65. The summed E-state index contributed by atoms with van der Waals surface area (Å²) in [5, 5.41) is 2.88. The maximum Gasteiger partial charge on any atom is 0.414 e. The van der Waals surface area contributed by atoms with Gasteiger partial charge in [-0.25, -0.2) is 9.78 Å². The van der Waals surface area contributed by atoms with E-state index in [1.807, 2.05) is 30.3 Å². The SMILES string of the molecule is CCOC(=O)CCCN(CCCC1CN(c2ccc3c(c2)NC(=O)CS3)C(=O)O1)Cc1ccnc2ccc(OC)nc12. The molecule has 1 N–H and O–H groups in total. The molecule has 1 unspecified atom stereocenters. The van der Waals surface area contributed by atoms with E-state index in [0.29, 0.717) is 62.8 Å². The molecule has 0 bridgehead atoms. The van der Waals surface area contributed by atoms with Crippen molar-refractivity contribution in [2.45, 2.75) is 50.2 Å². The van der Waals surface area contributed by atoms with Crippen molar-refractivity contribution in [1.29, 1.82) is 0 Å². The van der Waals surface area contributed by atoms with Crippen LogP contribution in [0.5, 0.6) is 5.88 Å². The highest BCUT2D eigenvalue weighted by molar-refractivity contribution is 8.00. The summed E-state index contributed by atoms with van der Waals surface area (Å²) in [5.74, 6) is 0.671. The molecule has 2 aliphatic heterocycles. The van der Waals surface area contributed by atoms with Crippen LogP contribution in [0.2, 0.25) is 0 Å². The Balaban J connectivity index is 1.21. The van der Waals surface area contributed by atoms with Gasteiger partial charge in [-0.15, -0.1) is 11.8 Å². The summed E-state index contributed by atoms with van der Waals surface area (Å²) in [6.45, 7) is 4.68. The van der Waals surface area contributed by atoms with Crippen LogP contribution in [0.25, 0.3) is 11.0 Å². The quantitative estimate of drug-likeness (QED) is 0.281. The fourth-order valence-corrected chi connectivity index (χ4v) is 5.95. The fraction of sp³-hybridized carbons (Fsp3) is 0.433. The summed E-state index contributed by atoms with van der Waals surface area (Å²) >= 11 is 1.48. The predicted octanol–water partition coefficient (Wildman–Crippen LogP) is 4.63. The summed E-state index contributed by atoms with van der Waals surface area (Å²) in [6, 6.07) is 11.3. The molecule has 12 heteroatoms. The standard InChI is InChI=1S/C30H35N5O6S/c1-3-40-28(37)7-5-15-34(17-20-12-13-31-23-9-11-27(39-2)33-29(20)23)14-4-6-22-18-35(30(38)41-22)21-8-10-25-24(16-21)32-26(36)19-42-25/h8-13,16,22H,3-7,14-15,17-19H2,1-2H3,(H,32,36). The average Bonchev–Trinajstić information content (AvgIpc) is 3.36. The number of methoxy groups -OCH3 is 1. The van der Waals surface area contributed by atoms with E-state index < -0.39 is 0 Å². The van der Waals surface area contributed by atoms with Gasteiger partial charge in [0.25, 0.3) is 0 Å². The number of fused-ring (bicyclic) bond motifs is 2. The molecule has 2 aromatic heterocycles. The third kappa shape index (κ3) is 7.29. The first-order chi connectivity index (χ1) is 20.4. The molecule has 1 atom stereocenters. The van der Waals surface area contributed by atoms with Crippen LogP contribution < -0.4 is 15.0 Å². The minimum absolute atomic E-state index is 0.0481. The van der Waals surface area contributed by atoms with Crippen LogP contribution in [0.1, 0.15) is 38.2 Å². The highest BCUT2D eigenvalue weighted by Gasteiger charge is 2.32. The second-order valence-electron chi connectivity index (χ2n) is 10.2. The van der Waals surface area contributed by atoms with Gasteiger partial charge in [0, 0.05) is 35.8 Å². The zero-order valence-corrected chi connectivity index (χ0v) is 24.7. The number of hydrogen-bond donors (Lipinski definition) is 1. The van der Waals surface area contributed by atoms with Crippen LogP contribution in [0, 0.1) is 0 Å². The lowest BCUT2D eigenvalue weighted by Gasteiger charge is -2.23. The third-order valence-electron chi connectivity index (χ3n) is 7.19.